The van der Waals surface area contributed by atoms with Crippen LogP contribution in [0.15, 0.2) is 0 Å². The number of carbonyl (C=O) groups excluding carboxylic acids is 3. The Hall–Kier alpha value is -2.73. The highest BCUT2D eigenvalue weighted by Crippen LogP contribution is 2.10. The molecule has 4 atom stereocenters. The monoisotopic (exact) mass is 473 g/mol. The molecule has 0 fully saturated rings. The van der Waals surface area contributed by atoms with Gasteiger partial charge in [0, 0.05) is 0 Å². The number of nitrogens with one attached hydrogen (secondary N) is 3. The SMILES string of the molecule is CC(C)CC(NC(=O)C(NC(=O)C(N)CC(=O)O)C(C)C)C(=O)NC(CCCCN)C(=O)O. The van der Waals surface area contributed by atoms with Gasteiger partial charge in [-0.1, -0.05) is 27.7 Å². The number of carbonyl (C=O) groups is 5. The molecule has 0 heterocycles. The van der Waals surface area contributed by atoms with Crippen LogP contribution in [0, 0.1) is 11.8 Å². The second-order valence-corrected chi connectivity index (χ2v) is 8.81. The van der Waals surface area contributed by atoms with E-state index in [4.69, 9.17) is 16.6 Å². The molecule has 9 N–H and O–H groups in total. The molecule has 3 amide bonds. The van der Waals surface area contributed by atoms with Gasteiger partial charge in [-0.15, -0.1) is 0 Å². The highest BCUT2D eigenvalue weighted by atomic mass is 16.4. The number of hydrogen-bond donors (Lipinski definition) is 7. The van der Waals surface area contributed by atoms with Crippen molar-refractivity contribution < 1.29 is 34.2 Å². The quantitative estimate of drug-likeness (QED) is 0.139. The molecule has 0 bridgehead atoms. The van der Waals surface area contributed by atoms with Crippen molar-refractivity contribution in [3.63, 3.8) is 0 Å². The number of amides is 3. The first-order valence-corrected chi connectivity index (χ1v) is 11.1. The van der Waals surface area contributed by atoms with E-state index in [2.05, 4.69) is 16.0 Å². The molecular formula is C21H39N5O7. The van der Waals surface area contributed by atoms with Crippen molar-refractivity contribution in [1.82, 2.24) is 16.0 Å². The molecule has 0 aromatic rings. The van der Waals surface area contributed by atoms with Gasteiger partial charge in [-0.25, -0.2) is 4.79 Å². The zero-order chi connectivity index (χ0) is 25.7. The Kier molecular flexibility index (Phi) is 13.9. The van der Waals surface area contributed by atoms with Gasteiger partial charge in [-0.3, -0.25) is 19.2 Å². The Morgan fingerprint density at radius 3 is 1.85 bits per heavy atom. The van der Waals surface area contributed by atoms with E-state index in [-0.39, 0.29) is 18.8 Å². The Morgan fingerprint density at radius 1 is 0.818 bits per heavy atom. The van der Waals surface area contributed by atoms with E-state index in [0.717, 1.165) is 0 Å². The molecule has 0 rings (SSSR count). The number of unbranched alkanes of at least 4 members (excludes halogenated alkanes) is 1. The summed E-state index contributed by atoms with van der Waals surface area (Å²) in [7, 11) is 0. The van der Waals surface area contributed by atoms with Gasteiger partial charge >= 0.3 is 11.9 Å². The van der Waals surface area contributed by atoms with Crippen LogP contribution in [0.2, 0.25) is 0 Å². The molecule has 0 aliphatic carbocycles. The normalized spacial score (nSPS) is 14.8. The van der Waals surface area contributed by atoms with E-state index in [9.17, 15) is 29.1 Å². The van der Waals surface area contributed by atoms with Crippen molar-refractivity contribution in [3.05, 3.63) is 0 Å². The number of carboxylic acid groups (broad SMARTS) is 2. The van der Waals surface area contributed by atoms with E-state index >= 15 is 0 Å². The molecule has 0 spiro atoms. The van der Waals surface area contributed by atoms with Crippen molar-refractivity contribution in [1.29, 1.82) is 0 Å². The third-order valence-electron chi connectivity index (χ3n) is 4.88. The Bertz CT molecular complexity index is 684. The summed E-state index contributed by atoms with van der Waals surface area (Å²) in [5.41, 5.74) is 11.0. The first kappa shape index (κ1) is 30.3. The maximum atomic E-state index is 12.9. The average molecular weight is 474 g/mol. The Labute approximate surface area is 194 Å². The minimum absolute atomic E-state index is 0.00218. The van der Waals surface area contributed by atoms with Gasteiger partial charge in [0.1, 0.15) is 18.1 Å². The third-order valence-corrected chi connectivity index (χ3v) is 4.88. The zero-order valence-electron chi connectivity index (χ0n) is 19.8. The minimum atomic E-state index is -1.34. The molecule has 12 nitrogen and oxygen atoms in total. The standard InChI is InChI=1S/C21H39N5O7/c1-11(2)9-15(19(30)24-14(21(32)33)7-5-6-8-22)25-20(31)17(12(3)4)26-18(29)13(23)10-16(27)28/h11-15,17H,5-10,22-23H2,1-4H3,(H,24,30)(H,25,31)(H,26,29)(H,27,28)(H,32,33). The van der Waals surface area contributed by atoms with E-state index < -0.39 is 66.2 Å². The van der Waals surface area contributed by atoms with Crippen LogP contribution in [0.5, 0.6) is 0 Å². The van der Waals surface area contributed by atoms with E-state index in [1.54, 1.807) is 13.8 Å². The van der Waals surface area contributed by atoms with Crippen molar-refractivity contribution in [2.24, 2.45) is 23.3 Å². The number of hydrogen-bond acceptors (Lipinski definition) is 7. The minimum Gasteiger partial charge on any atom is -0.481 e. The lowest BCUT2D eigenvalue weighted by Crippen LogP contribution is -2.58. The van der Waals surface area contributed by atoms with Gasteiger partial charge in [0.05, 0.1) is 12.5 Å². The number of aliphatic carboxylic acids is 2. The summed E-state index contributed by atoms with van der Waals surface area (Å²) in [5.74, 6) is -4.94. The summed E-state index contributed by atoms with van der Waals surface area (Å²) in [6.45, 7) is 7.43. The number of nitrogens with two attached hydrogens (primary N) is 2. The lowest BCUT2D eigenvalue weighted by molar-refractivity contribution is -0.142. The smallest absolute Gasteiger partial charge is 0.326 e. The summed E-state index contributed by atoms with van der Waals surface area (Å²) in [5, 5.41) is 25.7. The molecule has 4 unspecified atom stereocenters. The average Bonchev–Trinajstić information content (AvgIpc) is 2.69. The molecule has 0 saturated heterocycles. The summed E-state index contributed by atoms with van der Waals surface area (Å²) in [6, 6.07) is -4.55. The maximum absolute atomic E-state index is 12.9. The van der Waals surface area contributed by atoms with Crippen LogP contribution >= 0.6 is 0 Å². The van der Waals surface area contributed by atoms with Crippen molar-refractivity contribution in [2.45, 2.75) is 84.0 Å². The summed E-state index contributed by atoms with van der Waals surface area (Å²) < 4.78 is 0. The van der Waals surface area contributed by atoms with Gasteiger partial charge < -0.3 is 37.6 Å². The highest BCUT2D eigenvalue weighted by molar-refractivity contribution is 5.94. The molecule has 0 aromatic carbocycles. The topological polar surface area (TPSA) is 214 Å². The van der Waals surface area contributed by atoms with Crippen LogP contribution in [-0.2, 0) is 24.0 Å². The molecule has 0 aliphatic rings. The molecule has 0 saturated carbocycles. The zero-order valence-corrected chi connectivity index (χ0v) is 19.8. The van der Waals surface area contributed by atoms with E-state index in [0.29, 0.717) is 19.4 Å². The lowest BCUT2D eigenvalue weighted by Gasteiger charge is -2.27. The second-order valence-electron chi connectivity index (χ2n) is 8.81. The molecule has 33 heavy (non-hydrogen) atoms. The molecule has 12 heteroatoms. The van der Waals surface area contributed by atoms with Gasteiger partial charge in [-0.05, 0) is 44.1 Å². The molecule has 0 radical (unpaired) electrons. The predicted molar refractivity (Wildman–Crippen MR) is 121 cm³/mol. The maximum Gasteiger partial charge on any atom is 0.326 e. The first-order chi connectivity index (χ1) is 15.3. The van der Waals surface area contributed by atoms with Crippen LogP contribution in [0.25, 0.3) is 0 Å². The number of carboxylic acids is 2. The fourth-order valence-corrected chi connectivity index (χ4v) is 3.06. The third kappa shape index (κ3) is 12.2. The fraction of sp³-hybridized carbons (Fsp3) is 0.762. The molecular weight excluding hydrogens is 434 g/mol. The van der Waals surface area contributed by atoms with Gasteiger partial charge in [0.25, 0.3) is 0 Å². The second kappa shape index (κ2) is 15.2. The van der Waals surface area contributed by atoms with E-state index in [1.807, 2.05) is 13.8 Å². The summed E-state index contributed by atoms with van der Waals surface area (Å²) in [4.78, 5) is 60.2. The summed E-state index contributed by atoms with van der Waals surface area (Å²) >= 11 is 0. The van der Waals surface area contributed by atoms with Crippen LogP contribution in [0.4, 0.5) is 0 Å². The van der Waals surface area contributed by atoms with Crippen LogP contribution < -0.4 is 27.4 Å². The molecule has 190 valence electrons. The van der Waals surface area contributed by atoms with Crippen molar-refractivity contribution in [3.8, 4) is 0 Å². The van der Waals surface area contributed by atoms with Crippen LogP contribution in [0.1, 0.15) is 59.8 Å². The van der Waals surface area contributed by atoms with Crippen molar-refractivity contribution >= 4 is 29.7 Å². The van der Waals surface area contributed by atoms with Gasteiger partial charge in [-0.2, -0.15) is 0 Å². The van der Waals surface area contributed by atoms with Crippen LogP contribution in [-0.4, -0.2) is 70.6 Å². The van der Waals surface area contributed by atoms with Gasteiger partial charge in [0.15, 0.2) is 0 Å². The Morgan fingerprint density at radius 2 is 1.39 bits per heavy atom. The predicted octanol–water partition coefficient (Wildman–Crippen LogP) is -0.841. The van der Waals surface area contributed by atoms with Gasteiger partial charge in [0.2, 0.25) is 17.7 Å². The highest BCUT2D eigenvalue weighted by Gasteiger charge is 2.32. The Balaban J connectivity index is 5.39. The number of rotatable bonds is 16. The van der Waals surface area contributed by atoms with E-state index in [1.165, 1.54) is 0 Å². The first-order valence-electron chi connectivity index (χ1n) is 11.1. The summed E-state index contributed by atoms with van der Waals surface area (Å²) in [6.07, 6.45) is 0.979. The van der Waals surface area contributed by atoms with Crippen LogP contribution in [0.3, 0.4) is 0 Å². The fourth-order valence-electron chi connectivity index (χ4n) is 3.06. The molecule has 0 aliphatic heterocycles. The molecule has 0 aromatic heterocycles. The lowest BCUT2D eigenvalue weighted by atomic mass is 9.99. The van der Waals surface area contributed by atoms with Crippen molar-refractivity contribution in [2.75, 3.05) is 6.54 Å². The largest absolute Gasteiger partial charge is 0.481 e.